The number of nitrogens with one attached hydrogen (secondary N) is 2. The van der Waals surface area contributed by atoms with Crippen LogP contribution < -0.4 is 10.6 Å². The Labute approximate surface area is 143 Å². The topological polar surface area (TPSA) is 40.2 Å². The summed E-state index contributed by atoms with van der Waals surface area (Å²) in [6.07, 6.45) is 4.65. The number of hydrogen-bond acceptors (Lipinski definition) is 3. The van der Waals surface area contributed by atoms with Gasteiger partial charge in [0, 0.05) is 25.5 Å². The molecule has 1 atom stereocenters. The summed E-state index contributed by atoms with van der Waals surface area (Å²) in [5.74, 6) is 0. The number of rotatable bonds is 7. The van der Waals surface area contributed by atoms with Crippen LogP contribution in [0.4, 0.5) is 0 Å². The quantitative estimate of drug-likeness (QED) is 0.764. The van der Waals surface area contributed by atoms with E-state index in [1.165, 1.54) is 11.1 Å². The first kappa shape index (κ1) is 17.4. The van der Waals surface area contributed by atoms with E-state index < -0.39 is 0 Å². The Kier molecular flexibility index (Phi) is 6.97. The van der Waals surface area contributed by atoms with Crippen molar-refractivity contribution < 1.29 is 0 Å². The molecule has 0 amide bonds. The first-order chi connectivity index (χ1) is 11.2. The summed E-state index contributed by atoms with van der Waals surface area (Å²) in [5, 5.41) is 7.25. The fourth-order valence-electron chi connectivity index (χ4n) is 2.39. The van der Waals surface area contributed by atoms with Gasteiger partial charge in [0.1, 0.15) is 0 Å². The van der Waals surface area contributed by atoms with Gasteiger partial charge in [0.2, 0.25) is 0 Å². The van der Waals surface area contributed by atoms with Crippen LogP contribution >= 0.6 is 12.2 Å². The van der Waals surface area contributed by atoms with Crippen LogP contribution in [-0.4, -0.2) is 42.2 Å². The van der Waals surface area contributed by atoms with E-state index in [0.717, 1.165) is 19.5 Å². The highest BCUT2D eigenvalue weighted by Crippen LogP contribution is 2.15. The van der Waals surface area contributed by atoms with Gasteiger partial charge < -0.3 is 15.5 Å². The predicted octanol–water partition coefficient (Wildman–Crippen LogP) is 2.39. The van der Waals surface area contributed by atoms with Crippen molar-refractivity contribution in [2.75, 3.05) is 27.2 Å². The van der Waals surface area contributed by atoms with E-state index in [2.05, 4.69) is 64.9 Å². The Morgan fingerprint density at radius 2 is 1.91 bits per heavy atom. The Balaban J connectivity index is 1.76. The number of hydrogen-bond donors (Lipinski definition) is 2. The van der Waals surface area contributed by atoms with Crippen LogP contribution in [0.2, 0.25) is 0 Å². The zero-order valence-electron chi connectivity index (χ0n) is 13.7. The molecule has 1 heterocycles. The van der Waals surface area contributed by atoms with Gasteiger partial charge in [0.15, 0.2) is 5.11 Å². The Morgan fingerprint density at radius 1 is 1.13 bits per heavy atom. The SMILES string of the molecule is CN(C)C(CNC(=S)NCCc1ccccc1)c1cccnc1. The molecule has 2 rings (SSSR count). The molecule has 23 heavy (non-hydrogen) atoms. The molecular formula is C18H24N4S. The van der Waals surface area contributed by atoms with E-state index in [-0.39, 0.29) is 6.04 Å². The van der Waals surface area contributed by atoms with Crippen molar-refractivity contribution in [1.82, 2.24) is 20.5 Å². The zero-order chi connectivity index (χ0) is 16.5. The molecule has 0 aliphatic carbocycles. The van der Waals surface area contributed by atoms with E-state index in [4.69, 9.17) is 12.2 Å². The summed E-state index contributed by atoms with van der Waals surface area (Å²) < 4.78 is 0. The standard InChI is InChI=1S/C18H24N4S/c1-22(2)17(16-9-6-11-19-13-16)14-21-18(23)20-12-10-15-7-4-3-5-8-15/h3-9,11,13,17H,10,12,14H2,1-2H3,(H2,20,21,23). The van der Waals surface area contributed by atoms with E-state index in [9.17, 15) is 0 Å². The van der Waals surface area contributed by atoms with E-state index in [1.54, 1.807) is 6.20 Å². The van der Waals surface area contributed by atoms with Crippen LogP contribution in [0.5, 0.6) is 0 Å². The number of pyridine rings is 1. The molecule has 1 aromatic carbocycles. The molecule has 1 unspecified atom stereocenters. The summed E-state index contributed by atoms with van der Waals surface area (Å²) in [5.41, 5.74) is 2.49. The molecule has 1 aromatic heterocycles. The first-order valence-corrected chi connectivity index (χ1v) is 8.19. The molecule has 0 saturated heterocycles. The van der Waals surface area contributed by atoms with Crippen LogP contribution in [0.15, 0.2) is 54.9 Å². The summed E-state index contributed by atoms with van der Waals surface area (Å²) >= 11 is 5.37. The van der Waals surface area contributed by atoms with Crippen LogP contribution in [-0.2, 0) is 6.42 Å². The number of benzene rings is 1. The zero-order valence-corrected chi connectivity index (χ0v) is 14.5. The van der Waals surface area contributed by atoms with Gasteiger partial charge in [-0.15, -0.1) is 0 Å². The molecule has 0 spiro atoms. The van der Waals surface area contributed by atoms with Crippen molar-refractivity contribution in [3.8, 4) is 0 Å². The number of thiocarbonyl (C=S) groups is 1. The second-order valence-electron chi connectivity index (χ2n) is 5.64. The van der Waals surface area contributed by atoms with Crippen molar-refractivity contribution in [3.05, 3.63) is 66.0 Å². The van der Waals surface area contributed by atoms with Crippen molar-refractivity contribution in [3.63, 3.8) is 0 Å². The van der Waals surface area contributed by atoms with Gasteiger partial charge in [0.25, 0.3) is 0 Å². The molecule has 0 aliphatic rings. The molecule has 0 aliphatic heterocycles. The van der Waals surface area contributed by atoms with Crippen LogP contribution in [0, 0.1) is 0 Å². The average Bonchev–Trinajstić information content (AvgIpc) is 2.57. The third-order valence-electron chi connectivity index (χ3n) is 3.69. The van der Waals surface area contributed by atoms with Gasteiger partial charge in [-0.2, -0.15) is 0 Å². The van der Waals surface area contributed by atoms with Gasteiger partial charge in [-0.1, -0.05) is 36.4 Å². The smallest absolute Gasteiger partial charge is 0.166 e. The van der Waals surface area contributed by atoms with Crippen LogP contribution in [0.3, 0.4) is 0 Å². The summed E-state index contributed by atoms with van der Waals surface area (Å²) in [6.45, 7) is 1.57. The predicted molar refractivity (Wildman–Crippen MR) is 99.4 cm³/mol. The van der Waals surface area contributed by atoms with Crippen molar-refractivity contribution >= 4 is 17.3 Å². The van der Waals surface area contributed by atoms with Gasteiger partial charge in [-0.25, -0.2) is 0 Å². The summed E-state index contributed by atoms with van der Waals surface area (Å²) in [6, 6.07) is 14.7. The number of likely N-dealkylation sites (N-methyl/N-ethyl adjacent to an activating group) is 1. The fraction of sp³-hybridized carbons (Fsp3) is 0.333. The molecule has 0 radical (unpaired) electrons. The normalized spacial score (nSPS) is 12.0. The van der Waals surface area contributed by atoms with Crippen molar-refractivity contribution in [2.45, 2.75) is 12.5 Å². The van der Waals surface area contributed by atoms with E-state index in [1.807, 2.05) is 18.3 Å². The lowest BCUT2D eigenvalue weighted by Crippen LogP contribution is -2.41. The molecule has 0 fully saturated rings. The van der Waals surface area contributed by atoms with Crippen LogP contribution in [0.1, 0.15) is 17.2 Å². The van der Waals surface area contributed by atoms with E-state index in [0.29, 0.717) is 5.11 Å². The molecule has 122 valence electrons. The maximum Gasteiger partial charge on any atom is 0.166 e. The lowest BCUT2D eigenvalue weighted by molar-refractivity contribution is 0.298. The molecule has 2 N–H and O–H groups in total. The Morgan fingerprint density at radius 3 is 2.57 bits per heavy atom. The fourth-order valence-corrected chi connectivity index (χ4v) is 2.57. The highest BCUT2D eigenvalue weighted by Gasteiger charge is 2.14. The van der Waals surface area contributed by atoms with E-state index >= 15 is 0 Å². The molecule has 4 nitrogen and oxygen atoms in total. The Hall–Kier alpha value is -1.98. The molecule has 0 bridgehead atoms. The second-order valence-corrected chi connectivity index (χ2v) is 6.05. The Bertz CT molecular complexity index is 586. The van der Waals surface area contributed by atoms with Crippen molar-refractivity contribution in [2.24, 2.45) is 0 Å². The number of nitrogens with zero attached hydrogens (tertiary/aromatic N) is 2. The molecule has 0 saturated carbocycles. The minimum atomic E-state index is 0.234. The maximum absolute atomic E-state index is 5.37. The average molecular weight is 328 g/mol. The van der Waals surface area contributed by atoms with Gasteiger partial charge >= 0.3 is 0 Å². The van der Waals surface area contributed by atoms with Crippen LogP contribution in [0.25, 0.3) is 0 Å². The largest absolute Gasteiger partial charge is 0.362 e. The molecule has 2 aromatic rings. The third-order valence-corrected chi connectivity index (χ3v) is 3.98. The minimum Gasteiger partial charge on any atom is -0.362 e. The summed E-state index contributed by atoms with van der Waals surface area (Å²) in [4.78, 5) is 6.36. The molecule has 5 heteroatoms. The number of aromatic nitrogens is 1. The van der Waals surface area contributed by atoms with Gasteiger partial charge in [0.05, 0.1) is 6.04 Å². The van der Waals surface area contributed by atoms with Crippen molar-refractivity contribution in [1.29, 1.82) is 0 Å². The highest BCUT2D eigenvalue weighted by molar-refractivity contribution is 7.80. The molecular weight excluding hydrogens is 304 g/mol. The monoisotopic (exact) mass is 328 g/mol. The highest BCUT2D eigenvalue weighted by atomic mass is 32.1. The van der Waals surface area contributed by atoms with Gasteiger partial charge in [-0.05, 0) is 49.9 Å². The lowest BCUT2D eigenvalue weighted by atomic mass is 10.1. The van der Waals surface area contributed by atoms with Gasteiger partial charge in [-0.3, -0.25) is 4.98 Å². The lowest BCUT2D eigenvalue weighted by Gasteiger charge is -2.25. The third kappa shape index (κ3) is 5.96. The maximum atomic E-state index is 5.37. The first-order valence-electron chi connectivity index (χ1n) is 7.79. The summed E-state index contributed by atoms with van der Waals surface area (Å²) in [7, 11) is 4.12. The minimum absolute atomic E-state index is 0.234. The second kappa shape index (κ2) is 9.22.